The minimum Gasteiger partial charge on any atom is -0.349 e. The van der Waals surface area contributed by atoms with E-state index in [9.17, 15) is 28.0 Å². The summed E-state index contributed by atoms with van der Waals surface area (Å²) in [6, 6.07) is 9.94. The summed E-state index contributed by atoms with van der Waals surface area (Å²) in [5.41, 5.74) is 0.122. The first-order chi connectivity index (χ1) is 16.0. The third-order valence-electron chi connectivity index (χ3n) is 4.77. The van der Waals surface area contributed by atoms with Gasteiger partial charge in [0.05, 0.1) is 18.2 Å². The van der Waals surface area contributed by atoms with Crippen molar-refractivity contribution in [2.75, 3.05) is 19.6 Å². The van der Waals surface area contributed by atoms with Crippen LogP contribution in [0, 0.1) is 16.7 Å². The summed E-state index contributed by atoms with van der Waals surface area (Å²) in [5.74, 6) is 4.31. The van der Waals surface area contributed by atoms with Crippen LogP contribution in [0.25, 0.3) is 0 Å². The Kier molecular flexibility index (Phi) is 9.23. The van der Waals surface area contributed by atoms with E-state index in [2.05, 4.69) is 15.6 Å². The number of rotatable bonds is 10. The van der Waals surface area contributed by atoms with Gasteiger partial charge < -0.3 is 10.6 Å². The van der Waals surface area contributed by atoms with Crippen molar-refractivity contribution in [3.05, 3.63) is 65.0 Å². The van der Waals surface area contributed by atoms with Crippen molar-refractivity contribution in [2.45, 2.75) is 25.6 Å². The predicted molar refractivity (Wildman–Crippen MR) is 117 cm³/mol. The maximum atomic E-state index is 12.6. The molecule has 0 fully saturated rings. The van der Waals surface area contributed by atoms with E-state index in [0.717, 1.165) is 29.1 Å². The number of hydrazine groups is 1. The Morgan fingerprint density at radius 2 is 1.91 bits per heavy atom. The molecule has 0 aliphatic carbocycles. The van der Waals surface area contributed by atoms with Crippen molar-refractivity contribution >= 4 is 17.5 Å². The third-order valence-corrected chi connectivity index (χ3v) is 4.77. The Labute approximate surface area is 194 Å². The number of benzene rings is 1. The summed E-state index contributed by atoms with van der Waals surface area (Å²) in [6.45, 7) is 1.78. The molecule has 0 saturated heterocycles. The average Bonchev–Trinajstić information content (AvgIpc) is 2.81. The molecule has 1 aromatic carbocycles. The minimum absolute atomic E-state index is 0.00245. The zero-order valence-electron chi connectivity index (χ0n) is 18.3. The maximum absolute atomic E-state index is 12.6. The van der Waals surface area contributed by atoms with Gasteiger partial charge in [-0.05, 0) is 29.7 Å². The number of nitrogens with two attached hydrogens (primary N) is 1. The van der Waals surface area contributed by atoms with Crippen molar-refractivity contribution in [3.63, 3.8) is 0 Å². The van der Waals surface area contributed by atoms with Gasteiger partial charge in [0.1, 0.15) is 17.4 Å². The zero-order chi connectivity index (χ0) is 25.3. The fourth-order valence-corrected chi connectivity index (χ4v) is 2.81. The summed E-state index contributed by atoms with van der Waals surface area (Å²) in [7, 11) is 0. The highest BCUT2D eigenvalue weighted by atomic mass is 19.4. The van der Waals surface area contributed by atoms with Crippen LogP contribution in [0.1, 0.15) is 40.1 Å². The van der Waals surface area contributed by atoms with Gasteiger partial charge in [-0.25, -0.2) is 5.01 Å². The van der Waals surface area contributed by atoms with Crippen LogP contribution in [0.5, 0.6) is 0 Å². The normalized spacial score (nSPS) is 12.0. The van der Waals surface area contributed by atoms with Crippen LogP contribution >= 0.6 is 0 Å². The van der Waals surface area contributed by atoms with E-state index in [-0.39, 0.29) is 31.0 Å². The van der Waals surface area contributed by atoms with E-state index < -0.39 is 29.6 Å². The van der Waals surface area contributed by atoms with Crippen LogP contribution in [0.2, 0.25) is 0 Å². The lowest BCUT2D eigenvalue weighted by Crippen LogP contribution is -2.45. The van der Waals surface area contributed by atoms with E-state index in [0.29, 0.717) is 11.8 Å². The summed E-state index contributed by atoms with van der Waals surface area (Å²) >= 11 is 0. The van der Waals surface area contributed by atoms with Crippen LogP contribution in [-0.2, 0) is 17.4 Å². The van der Waals surface area contributed by atoms with Crippen LogP contribution in [0.4, 0.5) is 13.2 Å². The van der Waals surface area contributed by atoms with Gasteiger partial charge in [-0.1, -0.05) is 31.2 Å². The lowest BCUT2D eigenvalue weighted by atomic mass is 10.0. The van der Waals surface area contributed by atoms with Gasteiger partial charge in [0.2, 0.25) is 0 Å². The molecule has 0 saturated carbocycles. The molecule has 1 atom stereocenters. The summed E-state index contributed by atoms with van der Waals surface area (Å²) in [6.07, 6.45) is -3.15. The van der Waals surface area contributed by atoms with Crippen molar-refractivity contribution in [3.8, 4) is 6.07 Å². The highest BCUT2D eigenvalue weighted by molar-refractivity contribution is 6.38. The molecule has 0 aliphatic rings. The Balaban J connectivity index is 1.79. The summed E-state index contributed by atoms with van der Waals surface area (Å²) in [5, 5.41) is 23.3. The van der Waals surface area contributed by atoms with Crippen molar-refractivity contribution in [2.24, 2.45) is 5.84 Å². The van der Waals surface area contributed by atoms with Crippen LogP contribution in [-0.4, -0.2) is 47.2 Å². The quantitative estimate of drug-likeness (QED) is 0.235. The minimum atomic E-state index is -4.55. The second kappa shape index (κ2) is 11.9. The molecule has 1 aromatic heterocycles. The lowest BCUT2D eigenvalue weighted by molar-refractivity contribution is -0.137. The van der Waals surface area contributed by atoms with Crippen molar-refractivity contribution in [1.29, 1.82) is 10.7 Å². The molecular weight excluding hydrogens is 451 g/mol. The molecular formula is C22H24F3N7O2. The number of halogens is 3. The Morgan fingerprint density at radius 3 is 2.44 bits per heavy atom. The Morgan fingerprint density at radius 1 is 1.24 bits per heavy atom. The van der Waals surface area contributed by atoms with Gasteiger partial charge in [0.25, 0.3) is 11.8 Å². The number of aryl methyl sites for hydroxylation is 1. The van der Waals surface area contributed by atoms with Gasteiger partial charge in [-0.2, -0.15) is 18.4 Å². The number of alkyl halides is 3. The number of nitriles is 1. The monoisotopic (exact) mass is 475 g/mol. The molecule has 1 unspecified atom stereocenters. The van der Waals surface area contributed by atoms with E-state index in [1.165, 1.54) is 0 Å². The zero-order valence-corrected chi connectivity index (χ0v) is 18.3. The van der Waals surface area contributed by atoms with Gasteiger partial charge in [0, 0.05) is 19.3 Å². The molecule has 12 heteroatoms. The van der Waals surface area contributed by atoms with E-state index >= 15 is 0 Å². The number of hydrogen-bond donors (Lipinski definition) is 4. The molecule has 34 heavy (non-hydrogen) atoms. The molecule has 180 valence electrons. The summed E-state index contributed by atoms with van der Waals surface area (Å²) in [4.78, 5) is 27.8. The first-order valence-corrected chi connectivity index (χ1v) is 10.2. The Bertz CT molecular complexity index is 1050. The first-order valence-electron chi connectivity index (χ1n) is 10.2. The molecule has 0 bridgehead atoms. The predicted octanol–water partition coefficient (Wildman–Crippen LogP) is 1.97. The highest BCUT2D eigenvalue weighted by Crippen LogP contribution is 2.28. The molecule has 0 aliphatic heterocycles. The largest absolute Gasteiger partial charge is 0.417 e. The van der Waals surface area contributed by atoms with Gasteiger partial charge in [-0.3, -0.25) is 25.8 Å². The smallest absolute Gasteiger partial charge is 0.349 e. The van der Waals surface area contributed by atoms with Gasteiger partial charge in [-0.15, -0.1) is 0 Å². The van der Waals surface area contributed by atoms with Gasteiger partial charge in [0.15, 0.2) is 0 Å². The highest BCUT2D eigenvalue weighted by Gasteiger charge is 2.31. The number of nitrogens with one attached hydrogen (secondary N) is 3. The third kappa shape index (κ3) is 7.65. The van der Waals surface area contributed by atoms with Crippen LogP contribution in [0.15, 0.2) is 42.6 Å². The molecule has 0 radical (unpaired) electrons. The number of carbonyl (C=O) groups excluding carboxylic acids is 2. The van der Waals surface area contributed by atoms with E-state index in [1.807, 2.05) is 25.1 Å². The SMILES string of the molecule is CCc1ccc(C(C#N)NC(=O)C(=N)CN(N)CCNC(=O)c2ccc(C(F)(F)F)cn2)cc1. The fraction of sp³-hybridized carbons (Fsp3) is 0.318. The number of carbonyl (C=O) groups is 2. The molecule has 5 N–H and O–H groups in total. The number of nitrogens with zero attached hydrogens (tertiary/aromatic N) is 3. The average molecular weight is 475 g/mol. The van der Waals surface area contributed by atoms with Crippen LogP contribution < -0.4 is 16.5 Å². The van der Waals surface area contributed by atoms with E-state index in [4.69, 9.17) is 11.3 Å². The van der Waals surface area contributed by atoms with Crippen LogP contribution in [0.3, 0.4) is 0 Å². The Hall–Kier alpha value is -3.82. The molecule has 2 aromatic rings. The first kappa shape index (κ1) is 26.4. The van der Waals surface area contributed by atoms with E-state index in [1.54, 1.807) is 12.1 Å². The number of hydrogen-bond acceptors (Lipinski definition) is 7. The van der Waals surface area contributed by atoms with Gasteiger partial charge >= 0.3 is 6.18 Å². The molecule has 1 heterocycles. The number of aromatic nitrogens is 1. The number of amides is 2. The second-order valence-corrected chi connectivity index (χ2v) is 7.27. The van der Waals surface area contributed by atoms with Crippen molar-refractivity contribution < 1.29 is 22.8 Å². The lowest BCUT2D eigenvalue weighted by Gasteiger charge is -2.18. The standard InChI is InChI=1S/C22H24F3N7O2/c1-2-14-3-5-15(6-4-14)19(11-26)31-20(33)17(27)13-32(28)10-9-29-21(34)18-8-7-16(12-30-18)22(23,24)25/h3-8,12,19,27H,2,9-10,13,28H2,1H3,(H,29,34)(H,31,33). The summed E-state index contributed by atoms with van der Waals surface area (Å²) < 4.78 is 37.7. The maximum Gasteiger partial charge on any atom is 0.417 e. The molecule has 9 nitrogen and oxygen atoms in total. The number of pyridine rings is 1. The molecule has 0 spiro atoms. The fourth-order valence-electron chi connectivity index (χ4n) is 2.81. The topological polar surface area (TPSA) is 148 Å². The molecule has 2 amide bonds. The van der Waals surface area contributed by atoms with Crippen molar-refractivity contribution in [1.82, 2.24) is 20.6 Å². The molecule has 2 rings (SSSR count). The second-order valence-electron chi connectivity index (χ2n) is 7.27.